The highest BCUT2D eigenvalue weighted by atomic mass is 35.5. The molecular weight excluding hydrogens is 428 g/mol. The zero-order valence-corrected chi connectivity index (χ0v) is 17.9. The van der Waals surface area contributed by atoms with Gasteiger partial charge in [-0.3, -0.25) is 4.31 Å². The van der Waals surface area contributed by atoms with Gasteiger partial charge in [0, 0.05) is 18.1 Å². The fourth-order valence-electron chi connectivity index (χ4n) is 3.77. The van der Waals surface area contributed by atoms with Gasteiger partial charge >= 0.3 is 6.09 Å². The van der Waals surface area contributed by atoms with E-state index in [0.29, 0.717) is 49.9 Å². The lowest BCUT2D eigenvalue weighted by Gasteiger charge is -2.38. The van der Waals surface area contributed by atoms with Gasteiger partial charge in [-0.15, -0.1) is 0 Å². The van der Waals surface area contributed by atoms with Crippen molar-refractivity contribution in [2.45, 2.75) is 23.8 Å². The normalized spacial score (nSPS) is 19.3. The molecule has 30 heavy (non-hydrogen) atoms. The molecule has 2 heterocycles. The second-order valence-corrected chi connectivity index (χ2v) is 9.50. The van der Waals surface area contributed by atoms with Crippen LogP contribution in [-0.4, -0.2) is 58.4 Å². The minimum Gasteiger partial charge on any atom is -0.447 e. The highest BCUT2D eigenvalue weighted by Gasteiger charge is 2.37. The lowest BCUT2D eigenvalue weighted by atomic mass is 9.98. The molecule has 0 N–H and O–H groups in total. The van der Waals surface area contributed by atoms with E-state index in [4.69, 9.17) is 21.1 Å². The summed E-state index contributed by atoms with van der Waals surface area (Å²) in [7, 11) is -3.86. The van der Waals surface area contributed by atoms with Gasteiger partial charge in [0.15, 0.2) is 0 Å². The number of ether oxygens (including phenoxy) is 2. The summed E-state index contributed by atoms with van der Waals surface area (Å²) in [6.07, 6.45) is 0.823. The number of carbonyl (C=O) groups excluding carboxylic acids is 1. The third-order valence-corrected chi connectivity index (χ3v) is 7.48. The van der Waals surface area contributed by atoms with Crippen LogP contribution in [0.3, 0.4) is 0 Å². The average molecular weight is 451 g/mol. The highest BCUT2D eigenvalue weighted by molar-refractivity contribution is 7.92. The van der Waals surface area contributed by atoms with E-state index in [0.717, 1.165) is 5.56 Å². The minimum absolute atomic E-state index is 0.0165. The number of carbonyl (C=O) groups is 1. The van der Waals surface area contributed by atoms with Crippen LogP contribution >= 0.6 is 11.6 Å². The number of nitrogens with zero attached hydrogens (tertiary/aromatic N) is 2. The van der Waals surface area contributed by atoms with Gasteiger partial charge in [-0.05, 0) is 48.7 Å². The fraction of sp³-hybridized carbons (Fsp3) is 0.381. The van der Waals surface area contributed by atoms with Crippen molar-refractivity contribution in [3.05, 3.63) is 59.1 Å². The van der Waals surface area contributed by atoms with E-state index < -0.39 is 22.2 Å². The van der Waals surface area contributed by atoms with Gasteiger partial charge in [0.1, 0.15) is 6.61 Å². The molecule has 0 bridgehead atoms. The van der Waals surface area contributed by atoms with E-state index in [2.05, 4.69) is 0 Å². The van der Waals surface area contributed by atoms with Gasteiger partial charge in [-0.2, -0.15) is 0 Å². The van der Waals surface area contributed by atoms with Crippen LogP contribution in [0.4, 0.5) is 10.5 Å². The minimum atomic E-state index is -3.86. The van der Waals surface area contributed by atoms with Crippen molar-refractivity contribution in [3.8, 4) is 0 Å². The molecule has 0 radical (unpaired) electrons. The number of anilines is 1. The van der Waals surface area contributed by atoms with Crippen molar-refractivity contribution >= 4 is 33.4 Å². The topological polar surface area (TPSA) is 76.2 Å². The van der Waals surface area contributed by atoms with Crippen LogP contribution in [0.25, 0.3) is 0 Å². The average Bonchev–Trinajstić information content (AvgIpc) is 2.77. The molecule has 4 rings (SSSR count). The third kappa shape index (κ3) is 4.26. The summed E-state index contributed by atoms with van der Waals surface area (Å²) in [5.74, 6) is 0. The Hall–Kier alpha value is -2.29. The molecular formula is C21H23ClN2O5S. The number of halogens is 1. The molecule has 0 saturated carbocycles. The number of sulfonamides is 1. The summed E-state index contributed by atoms with van der Waals surface area (Å²) in [4.78, 5) is 14.1. The first kappa shape index (κ1) is 21.0. The maximum absolute atomic E-state index is 13.5. The summed E-state index contributed by atoms with van der Waals surface area (Å²) >= 11 is 5.94. The quantitative estimate of drug-likeness (QED) is 0.714. The van der Waals surface area contributed by atoms with Crippen LogP contribution in [0.15, 0.2) is 53.4 Å². The molecule has 2 aromatic rings. The zero-order chi connectivity index (χ0) is 21.1. The molecule has 160 valence electrons. The number of rotatable bonds is 4. The molecule has 1 amide bonds. The van der Waals surface area contributed by atoms with Crippen LogP contribution in [0.5, 0.6) is 0 Å². The first-order valence-corrected chi connectivity index (χ1v) is 11.7. The van der Waals surface area contributed by atoms with Crippen molar-refractivity contribution in [3.63, 3.8) is 0 Å². The summed E-state index contributed by atoms with van der Waals surface area (Å²) in [5.41, 5.74) is 1.57. The largest absolute Gasteiger partial charge is 0.447 e. The Morgan fingerprint density at radius 3 is 2.53 bits per heavy atom. The van der Waals surface area contributed by atoms with E-state index in [1.165, 1.54) is 16.4 Å². The van der Waals surface area contributed by atoms with E-state index >= 15 is 0 Å². The summed E-state index contributed by atoms with van der Waals surface area (Å²) < 4.78 is 39.2. The second-order valence-electron chi connectivity index (χ2n) is 7.25. The maximum atomic E-state index is 13.5. The summed E-state index contributed by atoms with van der Waals surface area (Å²) in [6.45, 7) is 1.88. The van der Waals surface area contributed by atoms with Gasteiger partial charge in [-0.25, -0.2) is 13.2 Å². The number of hydrogen-bond acceptors (Lipinski definition) is 5. The first-order valence-electron chi connectivity index (χ1n) is 9.84. The molecule has 9 heteroatoms. The van der Waals surface area contributed by atoms with E-state index in [-0.39, 0.29) is 11.5 Å². The Kier molecular flexibility index (Phi) is 6.17. The number of benzene rings is 2. The Morgan fingerprint density at radius 2 is 1.80 bits per heavy atom. The van der Waals surface area contributed by atoms with Crippen LogP contribution in [0.1, 0.15) is 12.0 Å². The SMILES string of the molecule is O=C(OCC1CCc2ccccc2N1S(=O)(=O)c1ccc(Cl)cc1)N1CCOCC1. The predicted molar refractivity (Wildman–Crippen MR) is 113 cm³/mol. The Labute approximate surface area is 181 Å². The molecule has 1 unspecified atom stereocenters. The fourth-order valence-corrected chi connectivity index (χ4v) is 5.60. The molecule has 7 nitrogen and oxygen atoms in total. The molecule has 2 aromatic carbocycles. The van der Waals surface area contributed by atoms with E-state index in [1.54, 1.807) is 23.1 Å². The number of morpholine rings is 1. The molecule has 1 fully saturated rings. The molecule has 2 aliphatic heterocycles. The Balaban J connectivity index is 1.61. The molecule has 1 atom stereocenters. The monoisotopic (exact) mass is 450 g/mol. The second kappa shape index (κ2) is 8.83. The van der Waals surface area contributed by atoms with Crippen molar-refractivity contribution in [2.75, 3.05) is 37.2 Å². The first-order chi connectivity index (χ1) is 14.5. The van der Waals surface area contributed by atoms with Gasteiger partial charge < -0.3 is 14.4 Å². The van der Waals surface area contributed by atoms with Gasteiger partial charge in [0.25, 0.3) is 10.0 Å². The Bertz CT molecular complexity index is 1010. The number of hydrogen-bond donors (Lipinski definition) is 0. The van der Waals surface area contributed by atoms with E-state index in [1.807, 2.05) is 18.2 Å². The van der Waals surface area contributed by atoms with Crippen LogP contribution < -0.4 is 4.31 Å². The van der Waals surface area contributed by atoms with Gasteiger partial charge in [0.2, 0.25) is 0 Å². The molecule has 2 aliphatic rings. The van der Waals surface area contributed by atoms with Crippen molar-refractivity contribution in [2.24, 2.45) is 0 Å². The molecule has 1 saturated heterocycles. The number of amides is 1. The van der Waals surface area contributed by atoms with Crippen LogP contribution in [0, 0.1) is 0 Å². The molecule has 0 aliphatic carbocycles. The van der Waals surface area contributed by atoms with E-state index in [9.17, 15) is 13.2 Å². The Morgan fingerprint density at radius 1 is 1.10 bits per heavy atom. The maximum Gasteiger partial charge on any atom is 0.409 e. The third-order valence-electron chi connectivity index (χ3n) is 5.35. The van der Waals surface area contributed by atoms with Crippen molar-refractivity contribution in [1.82, 2.24) is 4.90 Å². The lowest BCUT2D eigenvalue weighted by Crippen LogP contribution is -2.48. The summed E-state index contributed by atoms with van der Waals surface area (Å²) in [5, 5.41) is 0.462. The molecule has 0 spiro atoms. The lowest BCUT2D eigenvalue weighted by molar-refractivity contribution is 0.0255. The van der Waals surface area contributed by atoms with Crippen molar-refractivity contribution in [1.29, 1.82) is 0 Å². The predicted octanol–water partition coefficient (Wildman–Crippen LogP) is 3.32. The van der Waals surface area contributed by atoms with Gasteiger partial charge in [-0.1, -0.05) is 29.8 Å². The van der Waals surface area contributed by atoms with Crippen molar-refractivity contribution < 1.29 is 22.7 Å². The molecule has 0 aromatic heterocycles. The number of para-hydroxylation sites is 1. The smallest absolute Gasteiger partial charge is 0.409 e. The van der Waals surface area contributed by atoms with Crippen LogP contribution in [-0.2, 0) is 25.9 Å². The zero-order valence-electron chi connectivity index (χ0n) is 16.4. The highest BCUT2D eigenvalue weighted by Crippen LogP contribution is 2.35. The van der Waals surface area contributed by atoms with Crippen LogP contribution in [0.2, 0.25) is 5.02 Å². The number of aryl methyl sites for hydroxylation is 1. The standard InChI is InChI=1S/C21H23ClN2O5S/c22-17-6-9-19(10-7-17)30(26,27)24-18(8-5-16-3-1-2-4-20(16)24)15-29-21(25)23-11-13-28-14-12-23/h1-4,6-7,9-10,18H,5,8,11-15H2. The summed E-state index contributed by atoms with van der Waals surface area (Å²) in [6, 6.07) is 13.0. The van der Waals surface area contributed by atoms with Gasteiger partial charge in [0.05, 0.1) is 29.8 Å². The number of fused-ring (bicyclic) bond motifs is 1.